The van der Waals surface area contributed by atoms with E-state index in [1.165, 1.54) is 0 Å². The van der Waals surface area contributed by atoms with Crippen LogP contribution in [0.3, 0.4) is 0 Å². The molecule has 10 heavy (non-hydrogen) atoms. The molecule has 2 heteroatoms. The van der Waals surface area contributed by atoms with Crippen molar-refractivity contribution in [1.82, 2.24) is 0 Å². The molecule has 0 heterocycles. The third-order valence-corrected chi connectivity index (χ3v) is 0.971. The Balaban J connectivity index is 3.28. The molecule has 0 amide bonds. The second kappa shape index (κ2) is 2.66. The van der Waals surface area contributed by atoms with Crippen molar-refractivity contribution in [2.75, 3.05) is 0 Å². The van der Waals surface area contributed by atoms with Crippen LogP contribution in [0.1, 0.15) is 0 Å². The van der Waals surface area contributed by atoms with E-state index < -0.39 is 0 Å². The van der Waals surface area contributed by atoms with Gasteiger partial charge in [0.2, 0.25) is 11.4 Å². The Kier molecular flexibility index (Phi) is 1.68. The summed E-state index contributed by atoms with van der Waals surface area (Å²) in [5.74, 6) is 0. The first-order chi connectivity index (χ1) is 4.88. The van der Waals surface area contributed by atoms with Gasteiger partial charge in [-0.3, -0.25) is 0 Å². The average molecular weight is 126 g/mol. The van der Waals surface area contributed by atoms with Crippen molar-refractivity contribution in [1.29, 1.82) is 0 Å². The first kappa shape index (κ1) is 6.32. The van der Waals surface area contributed by atoms with Crippen LogP contribution in [0.4, 0.5) is 11.4 Å². The molecule has 0 fully saturated rings. The Labute approximate surface area is 59.4 Å². The van der Waals surface area contributed by atoms with Gasteiger partial charge >= 0.3 is 0 Å². The maximum absolute atomic E-state index is 6.62. The van der Waals surface area contributed by atoms with Crippen LogP contribution in [0.25, 0.3) is 9.69 Å². The van der Waals surface area contributed by atoms with Gasteiger partial charge in [-0.25, -0.2) is 9.69 Å². The van der Waals surface area contributed by atoms with Crippen LogP contribution in [0.2, 0.25) is 0 Å². The van der Waals surface area contributed by atoms with E-state index in [4.69, 9.17) is 13.1 Å². The number of hydrogen-bond donors (Lipinski definition) is 0. The van der Waals surface area contributed by atoms with E-state index in [2.05, 4.69) is 21.8 Å². The Hall–Kier alpha value is -1.80. The van der Waals surface area contributed by atoms with Crippen molar-refractivity contribution >= 4 is 11.4 Å². The lowest BCUT2D eigenvalue weighted by atomic mass is 10.3. The summed E-state index contributed by atoms with van der Waals surface area (Å²) < 4.78 is 0. The van der Waals surface area contributed by atoms with Crippen molar-refractivity contribution < 1.29 is 0 Å². The van der Waals surface area contributed by atoms with Gasteiger partial charge in [-0.1, -0.05) is 12.1 Å². The van der Waals surface area contributed by atoms with Gasteiger partial charge in [0.05, 0.1) is 13.1 Å². The molecule has 1 aromatic rings. The monoisotopic (exact) mass is 126 g/mol. The fraction of sp³-hybridized carbons (Fsp3) is 0. The van der Waals surface area contributed by atoms with Gasteiger partial charge in [-0.15, -0.1) is 0 Å². The summed E-state index contributed by atoms with van der Waals surface area (Å²) >= 11 is 0. The smallest absolute Gasteiger partial charge is 0.201 e. The molecule has 0 bridgehead atoms. The second-order valence-corrected chi connectivity index (χ2v) is 1.54. The maximum Gasteiger partial charge on any atom is 0.201 e. The Bertz CT molecular complexity index is 282. The van der Waals surface area contributed by atoms with Gasteiger partial charge in [0.1, 0.15) is 0 Å². The number of hydrogen-bond acceptors (Lipinski definition) is 0. The molecule has 1 rings (SSSR count). The molecule has 0 N–H and O–H groups in total. The van der Waals surface area contributed by atoms with Gasteiger partial charge in [-0.2, -0.15) is 0 Å². The van der Waals surface area contributed by atoms with Crippen molar-refractivity contribution in [2.45, 2.75) is 0 Å². The highest BCUT2D eigenvalue weighted by molar-refractivity contribution is 5.68. The highest BCUT2D eigenvalue weighted by Gasteiger charge is 1.97. The highest BCUT2D eigenvalue weighted by Crippen LogP contribution is 2.25. The number of benzene rings is 1. The van der Waals surface area contributed by atoms with E-state index >= 15 is 0 Å². The lowest BCUT2D eigenvalue weighted by Gasteiger charge is -1.87. The van der Waals surface area contributed by atoms with Crippen LogP contribution in [0.5, 0.6) is 0 Å². The van der Waals surface area contributed by atoms with Gasteiger partial charge < -0.3 is 0 Å². The van der Waals surface area contributed by atoms with E-state index in [0.29, 0.717) is 0 Å². The largest absolute Gasteiger partial charge is 0.249 e. The summed E-state index contributed by atoms with van der Waals surface area (Å²) in [4.78, 5) is 6.18. The molecule has 0 aliphatic heterocycles. The lowest BCUT2D eigenvalue weighted by molar-refractivity contribution is 1.69. The lowest BCUT2D eigenvalue weighted by Crippen LogP contribution is -1.61. The van der Waals surface area contributed by atoms with Gasteiger partial charge in [-0.05, 0) is 12.1 Å². The van der Waals surface area contributed by atoms with E-state index in [9.17, 15) is 0 Å². The molecule has 2 radical (unpaired) electrons. The molecule has 0 saturated carbocycles. The van der Waals surface area contributed by atoms with Crippen molar-refractivity contribution in [2.24, 2.45) is 0 Å². The summed E-state index contributed by atoms with van der Waals surface area (Å²) in [7, 11) is 0. The molecule has 0 aliphatic rings. The van der Waals surface area contributed by atoms with Crippen molar-refractivity contribution in [3.8, 4) is 0 Å². The molecule has 44 valence electrons. The first-order valence-electron chi connectivity index (χ1n) is 2.56. The predicted molar refractivity (Wildman–Crippen MR) is 36.6 cm³/mol. The van der Waals surface area contributed by atoms with E-state index in [1.54, 1.807) is 12.1 Å². The summed E-state index contributed by atoms with van der Waals surface area (Å²) in [6, 6.07) is 8.42. The SMILES string of the molecule is [C-]#[N+]c1[c]cc[c]c1[N+]#[C-]. The summed E-state index contributed by atoms with van der Waals surface area (Å²) in [6.07, 6.45) is 0. The fourth-order valence-corrected chi connectivity index (χ4v) is 0.548. The third-order valence-electron chi connectivity index (χ3n) is 0.971. The zero-order valence-electron chi connectivity index (χ0n) is 5.05. The van der Waals surface area contributed by atoms with Gasteiger partial charge in [0.25, 0.3) is 0 Å². The molecule has 0 saturated heterocycles. The minimum Gasteiger partial charge on any atom is -0.249 e. The predicted octanol–water partition coefficient (Wildman–Crippen LogP) is 2.39. The van der Waals surface area contributed by atoms with Gasteiger partial charge in [0, 0.05) is 0 Å². The van der Waals surface area contributed by atoms with E-state index in [1.807, 2.05) is 0 Å². The normalized spacial score (nSPS) is 7.80. The third kappa shape index (κ3) is 0.962. The highest BCUT2D eigenvalue weighted by atomic mass is 14.7. The molecular formula is C8H2N2. The van der Waals surface area contributed by atoms with Crippen molar-refractivity contribution in [3.05, 3.63) is 47.1 Å². The zero-order valence-corrected chi connectivity index (χ0v) is 5.05. The van der Waals surface area contributed by atoms with E-state index in [0.717, 1.165) is 0 Å². The Morgan fingerprint density at radius 3 is 1.70 bits per heavy atom. The molecule has 0 aromatic heterocycles. The Morgan fingerprint density at radius 1 is 1.00 bits per heavy atom. The summed E-state index contributed by atoms with van der Waals surface area (Å²) in [6.45, 7) is 13.2. The average Bonchev–Trinajstić information content (AvgIpc) is 2.04. The molecule has 0 unspecified atom stereocenters. The van der Waals surface area contributed by atoms with Crippen LogP contribution >= 0.6 is 0 Å². The number of rotatable bonds is 0. The number of nitrogens with zero attached hydrogens (tertiary/aromatic N) is 2. The molecule has 1 aromatic carbocycles. The van der Waals surface area contributed by atoms with Crippen LogP contribution in [-0.4, -0.2) is 0 Å². The molecular weight excluding hydrogens is 124 g/mol. The second-order valence-electron chi connectivity index (χ2n) is 1.54. The Morgan fingerprint density at radius 2 is 1.40 bits per heavy atom. The van der Waals surface area contributed by atoms with Crippen LogP contribution in [0, 0.1) is 25.3 Å². The van der Waals surface area contributed by atoms with Crippen LogP contribution in [-0.2, 0) is 0 Å². The topological polar surface area (TPSA) is 8.72 Å². The quantitative estimate of drug-likeness (QED) is 0.472. The van der Waals surface area contributed by atoms with Crippen LogP contribution in [0.15, 0.2) is 12.1 Å². The zero-order chi connectivity index (χ0) is 7.40. The first-order valence-corrected chi connectivity index (χ1v) is 2.56. The van der Waals surface area contributed by atoms with Gasteiger partial charge in [0.15, 0.2) is 0 Å². The molecule has 0 spiro atoms. The molecule has 2 nitrogen and oxygen atoms in total. The standard InChI is InChI=1S/C8H2N2/c1-9-7-5-3-4-6-8(7)10-2/h3-4H. The summed E-state index contributed by atoms with van der Waals surface area (Å²) in [5.41, 5.74) is 0.495. The van der Waals surface area contributed by atoms with E-state index in [-0.39, 0.29) is 11.4 Å². The van der Waals surface area contributed by atoms with Crippen molar-refractivity contribution in [3.63, 3.8) is 0 Å². The maximum atomic E-state index is 6.62. The summed E-state index contributed by atoms with van der Waals surface area (Å²) in [5, 5.41) is 0. The fourth-order valence-electron chi connectivity index (χ4n) is 0.548. The molecule has 0 aliphatic carbocycles. The minimum absolute atomic E-state index is 0.248. The molecule has 0 atom stereocenters. The van der Waals surface area contributed by atoms with Crippen LogP contribution < -0.4 is 0 Å². The minimum atomic E-state index is 0.248.